The van der Waals surface area contributed by atoms with Crippen LogP contribution in [0.25, 0.3) is 0 Å². The molecule has 2 aliphatic heterocycles. The summed E-state index contributed by atoms with van der Waals surface area (Å²) in [5, 5.41) is 0. The van der Waals surface area contributed by atoms with Crippen LogP contribution in [-0.2, 0) is 15.9 Å². The van der Waals surface area contributed by atoms with Crippen LogP contribution in [0.15, 0.2) is 97.1 Å². The summed E-state index contributed by atoms with van der Waals surface area (Å²) in [6, 6.07) is 31.0. The monoisotopic (exact) mass is 362 g/mol. The van der Waals surface area contributed by atoms with Crippen LogP contribution in [0.1, 0.15) is 28.7 Å². The van der Waals surface area contributed by atoms with E-state index in [-0.39, 0.29) is 11.2 Å². The number of allylic oxidation sites excluding steroid dienone is 2. The second-order valence-electron chi connectivity index (χ2n) is 8.85. The molecule has 0 aromatic heterocycles. The quantitative estimate of drug-likeness (QED) is 0.535. The van der Waals surface area contributed by atoms with E-state index in [2.05, 4.69) is 97.1 Å². The van der Waals surface area contributed by atoms with Gasteiger partial charge in [0.1, 0.15) is 11.2 Å². The average molecular weight is 362 g/mol. The molecule has 2 aliphatic carbocycles. The molecular formula is C27H22O. The van der Waals surface area contributed by atoms with Gasteiger partial charge in [-0.15, -0.1) is 0 Å². The smallest absolute Gasteiger partial charge is 0.124 e. The van der Waals surface area contributed by atoms with Crippen LogP contribution in [0.4, 0.5) is 0 Å². The van der Waals surface area contributed by atoms with Gasteiger partial charge in [0.05, 0.1) is 0 Å². The molecule has 4 aliphatic rings. The first kappa shape index (κ1) is 15.3. The Labute approximate surface area is 165 Å². The first-order chi connectivity index (χ1) is 13.9. The second kappa shape index (κ2) is 5.04. The van der Waals surface area contributed by atoms with Gasteiger partial charge >= 0.3 is 0 Å². The van der Waals surface area contributed by atoms with Gasteiger partial charge in [0, 0.05) is 11.8 Å². The third kappa shape index (κ3) is 1.53. The van der Waals surface area contributed by atoms with E-state index in [0.29, 0.717) is 23.7 Å². The highest BCUT2D eigenvalue weighted by molar-refractivity contribution is 5.59. The molecule has 2 heterocycles. The van der Waals surface area contributed by atoms with Crippen LogP contribution in [0, 0.1) is 23.7 Å². The van der Waals surface area contributed by atoms with E-state index in [1.807, 2.05) is 0 Å². The largest absolute Gasteiger partial charge is 0.349 e. The van der Waals surface area contributed by atoms with E-state index < -0.39 is 0 Å². The third-order valence-corrected chi connectivity index (χ3v) is 7.85. The van der Waals surface area contributed by atoms with Crippen LogP contribution in [0.5, 0.6) is 0 Å². The molecule has 1 saturated carbocycles. The van der Waals surface area contributed by atoms with E-state index in [1.165, 1.54) is 28.7 Å². The van der Waals surface area contributed by atoms with Gasteiger partial charge in [0.15, 0.2) is 0 Å². The summed E-state index contributed by atoms with van der Waals surface area (Å²) < 4.78 is 7.40. The SMILES string of the molecule is C1=CC2CC1C1C2C2(c3ccccc3)OC1(c1ccccc1)c1ccccc12. The van der Waals surface area contributed by atoms with Crippen molar-refractivity contribution in [2.75, 3.05) is 0 Å². The van der Waals surface area contributed by atoms with E-state index >= 15 is 0 Å². The number of rotatable bonds is 2. The number of hydrogen-bond acceptors (Lipinski definition) is 1. The topological polar surface area (TPSA) is 9.23 Å². The maximum atomic E-state index is 7.40. The minimum absolute atomic E-state index is 0.345. The summed E-state index contributed by atoms with van der Waals surface area (Å²) in [4.78, 5) is 0. The molecule has 1 heteroatoms. The zero-order chi connectivity index (χ0) is 18.3. The first-order valence-electron chi connectivity index (χ1n) is 10.5. The Morgan fingerprint density at radius 1 is 0.571 bits per heavy atom. The number of hydrogen-bond donors (Lipinski definition) is 0. The van der Waals surface area contributed by atoms with Gasteiger partial charge in [0.2, 0.25) is 0 Å². The highest BCUT2D eigenvalue weighted by Crippen LogP contribution is 2.75. The Bertz CT molecular complexity index is 1010. The minimum atomic E-state index is -0.345. The highest BCUT2D eigenvalue weighted by atomic mass is 16.5. The fourth-order valence-electron chi connectivity index (χ4n) is 7.11. The molecule has 2 fully saturated rings. The molecular weight excluding hydrogens is 340 g/mol. The predicted octanol–water partition coefficient (Wildman–Crippen LogP) is 5.66. The normalized spacial score (nSPS) is 38.6. The lowest BCUT2D eigenvalue weighted by molar-refractivity contribution is -0.0666. The molecule has 0 amide bonds. The second-order valence-corrected chi connectivity index (χ2v) is 8.85. The molecule has 7 rings (SSSR count). The molecule has 0 spiro atoms. The van der Waals surface area contributed by atoms with Gasteiger partial charge < -0.3 is 4.74 Å². The molecule has 4 bridgehead atoms. The summed E-state index contributed by atoms with van der Waals surface area (Å²) >= 11 is 0. The molecule has 1 saturated heterocycles. The maximum Gasteiger partial charge on any atom is 0.124 e. The van der Waals surface area contributed by atoms with Crippen molar-refractivity contribution in [3.63, 3.8) is 0 Å². The average Bonchev–Trinajstić information content (AvgIpc) is 3.52. The van der Waals surface area contributed by atoms with Crippen molar-refractivity contribution in [1.29, 1.82) is 0 Å². The molecule has 1 nitrogen and oxygen atoms in total. The summed E-state index contributed by atoms with van der Waals surface area (Å²) in [5.74, 6) is 2.21. The lowest BCUT2D eigenvalue weighted by Crippen LogP contribution is -2.42. The fraction of sp³-hybridized carbons (Fsp3) is 0.259. The molecule has 6 atom stereocenters. The van der Waals surface area contributed by atoms with E-state index in [1.54, 1.807) is 0 Å². The highest BCUT2D eigenvalue weighted by Gasteiger charge is 2.75. The third-order valence-electron chi connectivity index (χ3n) is 7.85. The van der Waals surface area contributed by atoms with E-state index in [4.69, 9.17) is 4.74 Å². The fourth-order valence-corrected chi connectivity index (χ4v) is 7.11. The van der Waals surface area contributed by atoms with E-state index in [9.17, 15) is 0 Å². The Kier molecular flexibility index (Phi) is 2.75. The van der Waals surface area contributed by atoms with Gasteiger partial charge in [0.25, 0.3) is 0 Å². The van der Waals surface area contributed by atoms with Gasteiger partial charge in [-0.25, -0.2) is 0 Å². The molecule has 136 valence electrons. The number of ether oxygens (including phenoxy) is 1. The summed E-state index contributed by atoms with van der Waals surface area (Å²) in [5.41, 5.74) is 4.70. The summed E-state index contributed by atoms with van der Waals surface area (Å²) in [6.45, 7) is 0. The number of fused-ring (bicyclic) bond motifs is 12. The Morgan fingerprint density at radius 3 is 1.46 bits per heavy atom. The lowest BCUT2D eigenvalue weighted by atomic mass is 9.57. The van der Waals surface area contributed by atoms with Crippen LogP contribution < -0.4 is 0 Å². The van der Waals surface area contributed by atoms with Crippen LogP contribution in [-0.4, -0.2) is 0 Å². The summed E-state index contributed by atoms with van der Waals surface area (Å²) in [7, 11) is 0. The summed E-state index contributed by atoms with van der Waals surface area (Å²) in [6.07, 6.45) is 6.22. The van der Waals surface area contributed by atoms with Gasteiger partial charge in [-0.1, -0.05) is 97.1 Å². The minimum Gasteiger partial charge on any atom is -0.349 e. The van der Waals surface area contributed by atoms with Gasteiger partial charge in [-0.05, 0) is 40.5 Å². The first-order valence-corrected chi connectivity index (χ1v) is 10.5. The molecule has 6 unspecified atom stereocenters. The van der Waals surface area contributed by atoms with Crippen LogP contribution >= 0.6 is 0 Å². The lowest BCUT2D eigenvalue weighted by Gasteiger charge is -2.41. The maximum absolute atomic E-state index is 7.40. The van der Waals surface area contributed by atoms with Crippen molar-refractivity contribution < 1.29 is 4.74 Å². The molecule has 3 aromatic carbocycles. The Balaban J connectivity index is 1.60. The van der Waals surface area contributed by atoms with Crippen molar-refractivity contribution in [3.05, 3.63) is 119 Å². The Hall–Kier alpha value is -2.64. The molecule has 3 aromatic rings. The van der Waals surface area contributed by atoms with Crippen molar-refractivity contribution in [1.82, 2.24) is 0 Å². The van der Waals surface area contributed by atoms with Gasteiger partial charge in [-0.2, -0.15) is 0 Å². The molecule has 0 radical (unpaired) electrons. The molecule has 28 heavy (non-hydrogen) atoms. The van der Waals surface area contributed by atoms with Crippen LogP contribution in [0.3, 0.4) is 0 Å². The van der Waals surface area contributed by atoms with E-state index in [0.717, 1.165) is 0 Å². The van der Waals surface area contributed by atoms with Gasteiger partial charge in [-0.3, -0.25) is 0 Å². The molecule has 0 N–H and O–H groups in total. The van der Waals surface area contributed by atoms with Crippen molar-refractivity contribution in [2.45, 2.75) is 17.6 Å². The Morgan fingerprint density at radius 2 is 1.00 bits per heavy atom. The predicted molar refractivity (Wildman–Crippen MR) is 110 cm³/mol. The zero-order valence-corrected chi connectivity index (χ0v) is 15.7. The standard InChI is InChI=1S/C27H22O/c1-3-9-20(10-4-1)26-22-13-7-8-14-23(22)27(28-26,21-11-5-2-6-12-21)25-19-16-15-18(17-19)24(25)26/h1-16,18-19,24-25H,17H2. The zero-order valence-electron chi connectivity index (χ0n) is 15.7. The van der Waals surface area contributed by atoms with Crippen molar-refractivity contribution >= 4 is 0 Å². The number of benzene rings is 3. The van der Waals surface area contributed by atoms with Crippen LogP contribution in [0.2, 0.25) is 0 Å². The van der Waals surface area contributed by atoms with Crippen molar-refractivity contribution in [2.24, 2.45) is 23.7 Å². The van der Waals surface area contributed by atoms with Crippen molar-refractivity contribution in [3.8, 4) is 0 Å².